The fraction of sp³-hybridized carbons (Fsp3) is 0.615. The Morgan fingerprint density at radius 2 is 2.00 bits per heavy atom. The number of fused-ring (bicyclic) bond motifs is 2. The van der Waals surface area contributed by atoms with Gasteiger partial charge in [-0.2, -0.15) is 0 Å². The van der Waals surface area contributed by atoms with E-state index in [0.717, 1.165) is 17.8 Å². The van der Waals surface area contributed by atoms with Gasteiger partial charge in [0, 0.05) is 18.1 Å². The molecule has 1 aromatic rings. The van der Waals surface area contributed by atoms with Crippen LogP contribution in [0.25, 0.3) is 0 Å². The van der Waals surface area contributed by atoms with Crippen molar-refractivity contribution >= 4 is 17.3 Å². The molecule has 2 bridgehead atoms. The van der Waals surface area contributed by atoms with Crippen molar-refractivity contribution in [1.82, 2.24) is 9.88 Å². The first-order chi connectivity index (χ1) is 8.22. The molecule has 0 spiro atoms. The molecule has 0 saturated carbocycles. The lowest BCUT2D eigenvalue weighted by Crippen LogP contribution is -2.44. The molecule has 3 atom stereocenters. The number of rotatable bonds is 2. The maximum Gasteiger partial charge on any atom is 0.129 e. The quantitative estimate of drug-likeness (QED) is 0.820. The van der Waals surface area contributed by atoms with Gasteiger partial charge in [-0.05, 0) is 44.9 Å². The second-order valence-electron chi connectivity index (χ2n) is 5.23. The highest BCUT2D eigenvalue weighted by molar-refractivity contribution is 6.29. The van der Waals surface area contributed by atoms with Crippen molar-refractivity contribution in [3.63, 3.8) is 0 Å². The summed E-state index contributed by atoms with van der Waals surface area (Å²) in [6.07, 6.45) is 7.03. The molecule has 1 unspecified atom stereocenters. The van der Waals surface area contributed by atoms with Crippen LogP contribution >= 0.6 is 11.6 Å². The minimum absolute atomic E-state index is 0.555. The van der Waals surface area contributed by atoms with Crippen LogP contribution in [0.15, 0.2) is 18.3 Å². The predicted molar refractivity (Wildman–Crippen MR) is 70.5 cm³/mol. The zero-order valence-electron chi connectivity index (χ0n) is 10.1. The Labute approximate surface area is 107 Å². The Kier molecular flexibility index (Phi) is 2.97. The van der Waals surface area contributed by atoms with Crippen LogP contribution in [0.2, 0.25) is 5.15 Å². The fourth-order valence-electron chi connectivity index (χ4n) is 3.23. The predicted octanol–water partition coefficient (Wildman–Crippen LogP) is 2.77. The van der Waals surface area contributed by atoms with E-state index in [-0.39, 0.29) is 0 Å². The van der Waals surface area contributed by atoms with Crippen LogP contribution < -0.4 is 5.32 Å². The molecule has 0 radical (unpaired) electrons. The maximum atomic E-state index is 5.78. The first-order valence-corrected chi connectivity index (χ1v) is 6.70. The van der Waals surface area contributed by atoms with Crippen LogP contribution in [0.1, 0.15) is 25.7 Å². The van der Waals surface area contributed by atoms with E-state index in [0.29, 0.717) is 11.2 Å². The molecule has 0 aliphatic carbocycles. The summed E-state index contributed by atoms with van der Waals surface area (Å²) >= 11 is 5.78. The molecule has 3 rings (SSSR count). The second-order valence-corrected chi connectivity index (χ2v) is 5.62. The van der Waals surface area contributed by atoms with Crippen molar-refractivity contribution in [2.45, 2.75) is 43.8 Å². The van der Waals surface area contributed by atoms with Gasteiger partial charge in [0.15, 0.2) is 0 Å². The highest BCUT2D eigenvalue weighted by Gasteiger charge is 2.38. The summed E-state index contributed by atoms with van der Waals surface area (Å²) < 4.78 is 0. The second kappa shape index (κ2) is 4.46. The molecule has 2 saturated heterocycles. The van der Waals surface area contributed by atoms with Crippen LogP contribution in [-0.2, 0) is 0 Å². The van der Waals surface area contributed by atoms with E-state index in [1.807, 2.05) is 18.3 Å². The van der Waals surface area contributed by atoms with Gasteiger partial charge in [0.25, 0.3) is 0 Å². The normalized spacial score (nSPS) is 32.7. The number of hydrogen-bond donors (Lipinski definition) is 1. The zero-order chi connectivity index (χ0) is 11.8. The van der Waals surface area contributed by atoms with Gasteiger partial charge in [0.2, 0.25) is 0 Å². The van der Waals surface area contributed by atoms with Gasteiger partial charge in [-0.25, -0.2) is 4.98 Å². The lowest BCUT2D eigenvalue weighted by atomic mass is 9.98. The first-order valence-electron chi connectivity index (χ1n) is 6.32. The van der Waals surface area contributed by atoms with Crippen molar-refractivity contribution in [3.8, 4) is 0 Å². The van der Waals surface area contributed by atoms with E-state index in [2.05, 4.69) is 22.2 Å². The number of piperidine rings is 1. The van der Waals surface area contributed by atoms with E-state index in [4.69, 9.17) is 11.6 Å². The number of nitrogens with one attached hydrogen (secondary N) is 1. The Morgan fingerprint density at radius 1 is 1.29 bits per heavy atom. The number of aromatic nitrogens is 1. The molecule has 0 aromatic carbocycles. The number of halogens is 1. The first kappa shape index (κ1) is 11.3. The van der Waals surface area contributed by atoms with E-state index < -0.39 is 0 Å². The van der Waals surface area contributed by atoms with Crippen LogP contribution in [0, 0.1) is 0 Å². The van der Waals surface area contributed by atoms with Gasteiger partial charge >= 0.3 is 0 Å². The van der Waals surface area contributed by atoms with Gasteiger partial charge in [0.1, 0.15) is 5.15 Å². The molecule has 4 heteroatoms. The summed E-state index contributed by atoms with van der Waals surface area (Å²) in [5.74, 6) is 0. The third kappa shape index (κ3) is 2.26. The summed E-state index contributed by atoms with van der Waals surface area (Å²) in [5.41, 5.74) is 1.09. The largest absolute Gasteiger partial charge is 0.381 e. The highest BCUT2D eigenvalue weighted by atomic mass is 35.5. The summed E-state index contributed by atoms with van der Waals surface area (Å²) in [4.78, 5) is 6.66. The molecule has 17 heavy (non-hydrogen) atoms. The zero-order valence-corrected chi connectivity index (χ0v) is 10.8. The molecule has 0 amide bonds. The van der Waals surface area contributed by atoms with Gasteiger partial charge in [-0.3, -0.25) is 0 Å². The molecule has 3 nitrogen and oxygen atoms in total. The lowest BCUT2D eigenvalue weighted by Gasteiger charge is -2.37. The Bertz CT molecular complexity index is 378. The summed E-state index contributed by atoms with van der Waals surface area (Å²) in [5, 5.41) is 4.14. The third-order valence-corrected chi connectivity index (χ3v) is 4.42. The molecular weight excluding hydrogens is 234 g/mol. The van der Waals surface area contributed by atoms with E-state index >= 15 is 0 Å². The van der Waals surface area contributed by atoms with E-state index in [1.54, 1.807) is 0 Å². The molecule has 1 N–H and O–H groups in total. The van der Waals surface area contributed by atoms with E-state index in [1.165, 1.54) is 25.7 Å². The van der Waals surface area contributed by atoms with Crippen molar-refractivity contribution in [2.75, 3.05) is 12.4 Å². The number of nitrogens with zero attached hydrogens (tertiary/aromatic N) is 2. The molecular formula is C13H18ClN3. The van der Waals surface area contributed by atoms with Crippen molar-refractivity contribution < 1.29 is 0 Å². The molecule has 2 aliphatic heterocycles. The van der Waals surface area contributed by atoms with Crippen LogP contribution in [0.4, 0.5) is 5.69 Å². The van der Waals surface area contributed by atoms with Crippen LogP contribution in [-0.4, -0.2) is 35.1 Å². The highest BCUT2D eigenvalue weighted by Crippen LogP contribution is 2.35. The average molecular weight is 252 g/mol. The lowest BCUT2D eigenvalue weighted by molar-refractivity contribution is 0.169. The SMILES string of the molecule is CN1[C@@H]2CC[C@H]1CC(Nc1ccc(Cl)nc1)C2. The Morgan fingerprint density at radius 3 is 2.59 bits per heavy atom. The van der Waals surface area contributed by atoms with Crippen molar-refractivity contribution in [3.05, 3.63) is 23.5 Å². The van der Waals surface area contributed by atoms with Crippen LogP contribution in [0.5, 0.6) is 0 Å². The van der Waals surface area contributed by atoms with E-state index in [9.17, 15) is 0 Å². The Hall–Kier alpha value is -0.800. The molecule has 2 fully saturated rings. The van der Waals surface area contributed by atoms with Gasteiger partial charge in [-0.15, -0.1) is 0 Å². The minimum Gasteiger partial charge on any atom is -0.381 e. The fourth-order valence-corrected chi connectivity index (χ4v) is 3.34. The summed E-state index contributed by atoms with van der Waals surface area (Å²) in [6, 6.07) is 5.98. The van der Waals surface area contributed by atoms with Crippen molar-refractivity contribution in [2.24, 2.45) is 0 Å². The molecule has 3 heterocycles. The Balaban J connectivity index is 1.65. The third-order valence-electron chi connectivity index (χ3n) is 4.20. The smallest absolute Gasteiger partial charge is 0.129 e. The molecule has 2 aliphatic rings. The number of pyridine rings is 1. The molecule has 92 valence electrons. The summed E-state index contributed by atoms with van der Waals surface area (Å²) in [6.45, 7) is 0. The summed E-state index contributed by atoms with van der Waals surface area (Å²) in [7, 11) is 2.27. The van der Waals surface area contributed by atoms with Gasteiger partial charge in [-0.1, -0.05) is 11.6 Å². The molecule has 1 aromatic heterocycles. The topological polar surface area (TPSA) is 28.2 Å². The van der Waals surface area contributed by atoms with Gasteiger partial charge in [0.05, 0.1) is 11.9 Å². The number of anilines is 1. The average Bonchev–Trinajstić information content (AvgIpc) is 2.55. The minimum atomic E-state index is 0.555. The monoisotopic (exact) mass is 251 g/mol. The maximum absolute atomic E-state index is 5.78. The number of hydrogen-bond acceptors (Lipinski definition) is 3. The van der Waals surface area contributed by atoms with Crippen LogP contribution in [0.3, 0.4) is 0 Å². The van der Waals surface area contributed by atoms with Crippen molar-refractivity contribution in [1.29, 1.82) is 0 Å². The standard InChI is InChI=1S/C13H18ClN3/c1-17-11-3-4-12(17)7-10(6-11)16-9-2-5-13(14)15-8-9/h2,5,8,10-12,16H,3-4,6-7H2,1H3/t10?,11-,12+. The van der Waals surface area contributed by atoms with Gasteiger partial charge < -0.3 is 10.2 Å².